The highest BCUT2D eigenvalue weighted by atomic mass is 16.1. The minimum absolute atomic E-state index is 0.00407. The molecule has 0 saturated heterocycles. The summed E-state index contributed by atoms with van der Waals surface area (Å²) in [6, 6.07) is 15.3. The molecule has 1 fully saturated rings. The normalized spacial score (nSPS) is 15.2. The number of benzene rings is 2. The molecule has 0 unspecified atom stereocenters. The molecule has 1 aliphatic rings. The summed E-state index contributed by atoms with van der Waals surface area (Å²) in [6.07, 6.45) is 5.53. The molecule has 7 nitrogen and oxygen atoms in total. The van der Waals surface area contributed by atoms with Gasteiger partial charge in [0, 0.05) is 24.0 Å². The second-order valence-electron chi connectivity index (χ2n) is 10.3. The second-order valence-corrected chi connectivity index (χ2v) is 10.3. The number of nitrogens with one attached hydrogen (secondary N) is 1. The van der Waals surface area contributed by atoms with Crippen molar-refractivity contribution < 1.29 is 0 Å². The Hall–Kier alpha value is -3.32. The van der Waals surface area contributed by atoms with Crippen LogP contribution in [-0.4, -0.2) is 30.1 Å². The highest BCUT2D eigenvalue weighted by Gasteiger charge is 2.29. The number of H-pyrrole nitrogens is 1. The van der Waals surface area contributed by atoms with E-state index in [-0.39, 0.29) is 11.6 Å². The molecular formula is C29H36N6O. The number of tetrazole rings is 1. The number of aryl methyl sites for hydroxylation is 3. The van der Waals surface area contributed by atoms with Crippen LogP contribution in [0, 0.1) is 20.8 Å². The molecule has 2 aromatic heterocycles. The highest BCUT2D eigenvalue weighted by Crippen LogP contribution is 2.33. The molecule has 7 heteroatoms. The lowest BCUT2D eigenvalue weighted by Crippen LogP contribution is -2.32. The number of fused-ring (bicyclic) bond motifs is 1. The van der Waals surface area contributed by atoms with Gasteiger partial charge < -0.3 is 4.98 Å². The van der Waals surface area contributed by atoms with Gasteiger partial charge in [0.25, 0.3) is 5.56 Å². The molecule has 1 aliphatic carbocycles. The van der Waals surface area contributed by atoms with E-state index in [1.54, 1.807) is 0 Å². The van der Waals surface area contributed by atoms with Crippen LogP contribution in [0.1, 0.15) is 84.8 Å². The van der Waals surface area contributed by atoms with Crippen molar-refractivity contribution in [3.05, 3.63) is 86.5 Å². The number of aromatic nitrogens is 5. The van der Waals surface area contributed by atoms with Gasteiger partial charge >= 0.3 is 0 Å². The summed E-state index contributed by atoms with van der Waals surface area (Å²) in [7, 11) is 0. The molecular weight excluding hydrogens is 448 g/mol. The Balaban J connectivity index is 1.55. The summed E-state index contributed by atoms with van der Waals surface area (Å²) >= 11 is 0. The van der Waals surface area contributed by atoms with Gasteiger partial charge in [-0.25, -0.2) is 4.68 Å². The fourth-order valence-corrected chi connectivity index (χ4v) is 5.59. The van der Waals surface area contributed by atoms with Crippen molar-refractivity contribution in [2.45, 2.75) is 85.0 Å². The second kappa shape index (κ2) is 10.3. The maximum atomic E-state index is 13.3. The molecule has 4 aromatic rings. The van der Waals surface area contributed by atoms with E-state index in [2.05, 4.69) is 93.3 Å². The monoisotopic (exact) mass is 484 g/mol. The summed E-state index contributed by atoms with van der Waals surface area (Å²) in [5, 5.41) is 14.1. The smallest absolute Gasteiger partial charge is 0.252 e. The Morgan fingerprint density at radius 1 is 1.03 bits per heavy atom. The van der Waals surface area contributed by atoms with Gasteiger partial charge in [0.1, 0.15) is 0 Å². The SMILES string of the molecule is CC[C@@H](c1nnnn1C1CCCC1)N(Cc1ccc(C)cc1)Cc1cc2c(C)ccc(C)c2[nH]c1=O. The largest absolute Gasteiger partial charge is 0.321 e. The van der Waals surface area contributed by atoms with E-state index in [1.807, 2.05) is 6.92 Å². The Bertz CT molecular complexity index is 1400. The van der Waals surface area contributed by atoms with Gasteiger partial charge in [-0.15, -0.1) is 5.10 Å². The number of pyridine rings is 1. The molecule has 1 atom stereocenters. The predicted molar refractivity (Wildman–Crippen MR) is 143 cm³/mol. The van der Waals surface area contributed by atoms with E-state index in [9.17, 15) is 4.79 Å². The van der Waals surface area contributed by atoms with Crippen molar-refractivity contribution in [2.75, 3.05) is 0 Å². The van der Waals surface area contributed by atoms with E-state index < -0.39 is 0 Å². The van der Waals surface area contributed by atoms with Gasteiger partial charge in [0.2, 0.25) is 0 Å². The van der Waals surface area contributed by atoms with Gasteiger partial charge in [0.05, 0.1) is 17.6 Å². The molecule has 5 rings (SSSR count). The third kappa shape index (κ3) is 4.85. The summed E-state index contributed by atoms with van der Waals surface area (Å²) in [4.78, 5) is 18.8. The molecule has 188 valence electrons. The highest BCUT2D eigenvalue weighted by molar-refractivity contribution is 5.85. The van der Waals surface area contributed by atoms with Crippen LogP contribution in [0.3, 0.4) is 0 Å². The number of nitrogens with zero attached hydrogens (tertiary/aromatic N) is 5. The molecule has 2 heterocycles. The molecule has 0 aliphatic heterocycles. The minimum atomic E-state index is -0.0321. The van der Waals surface area contributed by atoms with Crippen LogP contribution in [0.25, 0.3) is 10.9 Å². The van der Waals surface area contributed by atoms with Crippen molar-refractivity contribution in [3.63, 3.8) is 0 Å². The van der Waals surface area contributed by atoms with Crippen LogP contribution in [0.5, 0.6) is 0 Å². The third-order valence-electron chi connectivity index (χ3n) is 7.71. The van der Waals surface area contributed by atoms with E-state index >= 15 is 0 Å². The Morgan fingerprint density at radius 2 is 1.75 bits per heavy atom. The van der Waals surface area contributed by atoms with Crippen LogP contribution in [0.15, 0.2) is 47.3 Å². The fraction of sp³-hybridized carbons (Fsp3) is 0.448. The summed E-state index contributed by atoms with van der Waals surface area (Å²) in [5.41, 5.74) is 6.35. The average Bonchev–Trinajstić information content (AvgIpc) is 3.57. The molecule has 0 bridgehead atoms. The maximum absolute atomic E-state index is 13.3. The number of rotatable bonds is 8. The molecule has 0 spiro atoms. The average molecular weight is 485 g/mol. The molecule has 2 aromatic carbocycles. The predicted octanol–water partition coefficient (Wildman–Crippen LogP) is 5.71. The first-order valence-electron chi connectivity index (χ1n) is 13.1. The van der Waals surface area contributed by atoms with Crippen molar-refractivity contribution in [1.29, 1.82) is 0 Å². The number of hydrogen-bond donors (Lipinski definition) is 1. The van der Waals surface area contributed by atoms with E-state index in [4.69, 9.17) is 0 Å². The lowest BCUT2D eigenvalue weighted by molar-refractivity contribution is 0.158. The first-order chi connectivity index (χ1) is 17.4. The number of hydrogen-bond acceptors (Lipinski definition) is 5. The maximum Gasteiger partial charge on any atom is 0.252 e. The van der Waals surface area contributed by atoms with Crippen molar-refractivity contribution in [2.24, 2.45) is 0 Å². The van der Waals surface area contributed by atoms with Crippen LogP contribution >= 0.6 is 0 Å². The summed E-state index contributed by atoms with van der Waals surface area (Å²) < 4.78 is 2.06. The first kappa shape index (κ1) is 24.4. The van der Waals surface area contributed by atoms with Gasteiger partial charge in [0.15, 0.2) is 5.82 Å². The molecule has 0 amide bonds. The van der Waals surface area contributed by atoms with Gasteiger partial charge in [-0.1, -0.05) is 61.7 Å². The van der Waals surface area contributed by atoms with Crippen molar-refractivity contribution >= 4 is 10.9 Å². The zero-order valence-electron chi connectivity index (χ0n) is 21.8. The molecule has 1 N–H and O–H groups in total. The van der Waals surface area contributed by atoms with E-state index in [1.165, 1.54) is 24.0 Å². The molecule has 1 saturated carbocycles. The molecule has 36 heavy (non-hydrogen) atoms. The summed E-state index contributed by atoms with van der Waals surface area (Å²) in [5.74, 6) is 0.903. The van der Waals surface area contributed by atoms with Crippen molar-refractivity contribution in [3.8, 4) is 0 Å². The van der Waals surface area contributed by atoms with Gasteiger partial charge in [-0.05, 0) is 73.2 Å². The Morgan fingerprint density at radius 3 is 2.47 bits per heavy atom. The van der Waals surface area contributed by atoms with Crippen LogP contribution in [-0.2, 0) is 13.1 Å². The van der Waals surface area contributed by atoms with Crippen LogP contribution < -0.4 is 5.56 Å². The quantitative estimate of drug-likeness (QED) is 0.347. The number of aromatic amines is 1. The first-order valence-corrected chi connectivity index (χ1v) is 13.1. The van der Waals surface area contributed by atoms with Gasteiger partial charge in [-0.2, -0.15) is 0 Å². The minimum Gasteiger partial charge on any atom is -0.321 e. The summed E-state index contributed by atoms with van der Waals surface area (Å²) in [6.45, 7) is 9.64. The lowest BCUT2D eigenvalue weighted by atomic mass is 10.0. The van der Waals surface area contributed by atoms with Crippen molar-refractivity contribution in [1.82, 2.24) is 30.1 Å². The fourth-order valence-electron chi connectivity index (χ4n) is 5.59. The third-order valence-corrected chi connectivity index (χ3v) is 7.71. The zero-order valence-corrected chi connectivity index (χ0v) is 21.8. The van der Waals surface area contributed by atoms with E-state index in [0.717, 1.165) is 52.7 Å². The molecule has 0 radical (unpaired) electrons. The Kier molecular flexibility index (Phi) is 7.01. The zero-order chi connectivity index (χ0) is 25.2. The Labute approximate surface area is 212 Å². The van der Waals surface area contributed by atoms with Crippen LogP contribution in [0.4, 0.5) is 0 Å². The van der Waals surface area contributed by atoms with E-state index in [0.29, 0.717) is 19.1 Å². The standard InChI is InChI=1S/C29H36N6O/c1-5-26(28-31-32-33-35(28)24-8-6-7-9-24)34(17-22-14-10-19(2)11-15-22)18-23-16-25-20(3)12-13-21(4)27(25)30-29(23)36/h10-16,24,26H,5-9,17-18H2,1-4H3,(H,30,36)/t26-/m0/s1. The lowest BCUT2D eigenvalue weighted by Gasteiger charge is -2.31. The van der Waals surface area contributed by atoms with Gasteiger partial charge in [-0.3, -0.25) is 9.69 Å². The van der Waals surface area contributed by atoms with Crippen LogP contribution in [0.2, 0.25) is 0 Å². The topological polar surface area (TPSA) is 79.7 Å².